The van der Waals surface area contributed by atoms with Crippen LogP contribution in [0.2, 0.25) is 0 Å². The molecule has 4 nitrogen and oxygen atoms in total. The average Bonchev–Trinajstić information content (AvgIpc) is 2.89. The molecule has 1 aromatic carbocycles. The van der Waals surface area contributed by atoms with Gasteiger partial charge in [0, 0.05) is 23.5 Å². The van der Waals surface area contributed by atoms with Crippen LogP contribution in [0.4, 0.5) is 0 Å². The Morgan fingerprint density at radius 1 is 1.36 bits per heavy atom. The van der Waals surface area contributed by atoms with E-state index in [9.17, 15) is 4.79 Å². The van der Waals surface area contributed by atoms with Gasteiger partial charge in [0.1, 0.15) is 5.76 Å². The van der Waals surface area contributed by atoms with Crippen LogP contribution >= 0.6 is 11.8 Å². The highest BCUT2D eigenvalue weighted by atomic mass is 32.2. The molecule has 0 saturated carbocycles. The molecule has 5 heteroatoms. The van der Waals surface area contributed by atoms with E-state index in [1.165, 1.54) is 4.90 Å². The summed E-state index contributed by atoms with van der Waals surface area (Å²) in [6.45, 7) is 6.52. The minimum atomic E-state index is 0.0562. The predicted octanol–water partition coefficient (Wildman–Crippen LogP) is 3.68. The fourth-order valence-corrected chi connectivity index (χ4v) is 2.76. The zero-order chi connectivity index (χ0) is 16.1. The van der Waals surface area contributed by atoms with Crippen LogP contribution in [0.5, 0.6) is 0 Å². The topological polar surface area (TPSA) is 46.3 Å². The number of rotatable bonds is 6. The first-order valence-corrected chi connectivity index (χ1v) is 8.56. The molecule has 0 saturated heterocycles. The van der Waals surface area contributed by atoms with Crippen molar-refractivity contribution in [2.45, 2.75) is 44.7 Å². The molecule has 118 valence electrons. The molecule has 1 heterocycles. The highest BCUT2D eigenvalue weighted by Gasteiger charge is 2.19. The molecule has 2 rings (SSSR count). The lowest BCUT2D eigenvalue weighted by molar-refractivity contribution is -0.133. The smallest absolute Gasteiger partial charge is 0.230 e. The van der Waals surface area contributed by atoms with E-state index in [4.69, 9.17) is 4.52 Å². The van der Waals surface area contributed by atoms with Gasteiger partial charge in [0.15, 0.2) is 0 Å². The van der Waals surface area contributed by atoms with E-state index in [-0.39, 0.29) is 18.4 Å². The number of thioether (sulfide) groups is 1. The molecule has 0 bridgehead atoms. The molecule has 2 aromatic rings. The Kier molecular flexibility index (Phi) is 5.66. The van der Waals surface area contributed by atoms with Crippen LogP contribution in [-0.2, 0) is 17.8 Å². The maximum atomic E-state index is 12.6. The third-order valence-corrected chi connectivity index (χ3v) is 4.16. The van der Waals surface area contributed by atoms with E-state index in [1.807, 2.05) is 37.8 Å². The molecule has 22 heavy (non-hydrogen) atoms. The summed E-state index contributed by atoms with van der Waals surface area (Å²) < 4.78 is 5.15. The molecule has 0 radical (unpaired) electrons. The van der Waals surface area contributed by atoms with Gasteiger partial charge in [-0.1, -0.05) is 17.3 Å². The molecule has 1 aromatic heterocycles. The van der Waals surface area contributed by atoms with Gasteiger partial charge < -0.3 is 9.42 Å². The van der Waals surface area contributed by atoms with Gasteiger partial charge in [0.25, 0.3) is 0 Å². The summed E-state index contributed by atoms with van der Waals surface area (Å²) in [6.07, 6.45) is 2.30. The Morgan fingerprint density at radius 3 is 2.73 bits per heavy atom. The number of carbonyl (C=O) groups is 1. The van der Waals surface area contributed by atoms with E-state index in [1.54, 1.807) is 11.8 Å². The molecule has 0 fully saturated rings. The highest BCUT2D eigenvalue weighted by Crippen LogP contribution is 2.18. The SMILES string of the molecule is CSc1cccc(CN(C(=O)Cc2cc(C)no2)C(C)C)c1. The van der Waals surface area contributed by atoms with Gasteiger partial charge in [-0.3, -0.25) is 4.79 Å². The summed E-state index contributed by atoms with van der Waals surface area (Å²) in [4.78, 5) is 15.6. The van der Waals surface area contributed by atoms with Crippen LogP contribution in [0.15, 0.2) is 39.8 Å². The molecule has 0 spiro atoms. The Hall–Kier alpha value is -1.75. The Morgan fingerprint density at radius 2 is 2.14 bits per heavy atom. The number of aryl methyl sites for hydroxylation is 1. The van der Waals surface area contributed by atoms with Crippen LogP contribution in [0.25, 0.3) is 0 Å². The Balaban J connectivity index is 2.10. The number of benzene rings is 1. The summed E-state index contributed by atoms with van der Waals surface area (Å²) in [6, 6.07) is 10.2. The molecule has 0 unspecified atom stereocenters. The van der Waals surface area contributed by atoms with Crippen molar-refractivity contribution in [3.8, 4) is 0 Å². The Labute approximate surface area is 135 Å². The molecule has 1 amide bonds. The van der Waals surface area contributed by atoms with Gasteiger partial charge in [-0.25, -0.2) is 0 Å². The summed E-state index contributed by atoms with van der Waals surface area (Å²) in [5, 5.41) is 3.83. The second-order valence-electron chi connectivity index (χ2n) is 5.58. The van der Waals surface area contributed by atoms with Gasteiger partial charge in [0.05, 0.1) is 12.1 Å². The first-order valence-electron chi connectivity index (χ1n) is 7.34. The fourth-order valence-electron chi connectivity index (χ4n) is 2.28. The van der Waals surface area contributed by atoms with Crippen LogP contribution in [-0.4, -0.2) is 28.3 Å². The van der Waals surface area contributed by atoms with Crippen molar-refractivity contribution >= 4 is 17.7 Å². The van der Waals surface area contributed by atoms with Crippen LogP contribution in [0.1, 0.15) is 30.9 Å². The van der Waals surface area contributed by atoms with E-state index in [0.717, 1.165) is 11.3 Å². The van der Waals surface area contributed by atoms with Crippen LogP contribution in [0, 0.1) is 6.92 Å². The van der Waals surface area contributed by atoms with Crippen molar-refractivity contribution in [3.05, 3.63) is 47.3 Å². The van der Waals surface area contributed by atoms with Gasteiger partial charge in [-0.05, 0) is 44.7 Å². The first kappa shape index (κ1) is 16.6. The van der Waals surface area contributed by atoms with Gasteiger partial charge in [-0.15, -0.1) is 11.8 Å². The molecule has 0 aliphatic carbocycles. The standard InChI is InChI=1S/C17H22N2O2S/c1-12(2)19(11-14-6-5-7-16(9-14)22-4)17(20)10-15-8-13(3)18-21-15/h5-9,12H,10-11H2,1-4H3. The van der Waals surface area contributed by atoms with Crippen molar-refractivity contribution in [3.63, 3.8) is 0 Å². The first-order chi connectivity index (χ1) is 10.5. The summed E-state index contributed by atoms with van der Waals surface area (Å²) in [5.41, 5.74) is 1.94. The zero-order valence-electron chi connectivity index (χ0n) is 13.5. The second kappa shape index (κ2) is 7.49. The molecular formula is C17H22N2O2S. The van der Waals surface area contributed by atoms with Crippen LogP contribution in [0.3, 0.4) is 0 Å². The van der Waals surface area contributed by atoms with E-state index < -0.39 is 0 Å². The number of amides is 1. The van der Waals surface area contributed by atoms with E-state index >= 15 is 0 Å². The monoisotopic (exact) mass is 318 g/mol. The van der Waals surface area contributed by atoms with Gasteiger partial charge in [0.2, 0.25) is 5.91 Å². The zero-order valence-corrected chi connectivity index (χ0v) is 14.3. The maximum absolute atomic E-state index is 12.6. The summed E-state index contributed by atoms with van der Waals surface area (Å²) in [5.74, 6) is 0.673. The molecule has 0 aliphatic rings. The third-order valence-electron chi connectivity index (χ3n) is 3.43. The number of nitrogens with zero attached hydrogens (tertiary/aromatic N) is 2. The second-order valence-corrected chi connectivity index (χ2v) is 6.46. The fraction of sp³-hybridized carbons (Fsp3) is 0.412. The Bertz CT molecular complexity index is 637. The number of carbonyl (C=O) groups excluding carboxylic acids is 1. The van der Waals surface area contributed by atoms with Gasteiger partial charge >= 0.3 is 0 Å². The minimum Gasteiger partial charge on any atom is -0.361 e. The molecular weight excluding hydrogens is 296 g/mol. The van der Waals surface area contributed by atoms with Crippen LogP contribution < -0.4 is 0 Å². The lowest BCUT2D eigenvalue weighted by atomic mass is 10.1. The molecule has 0 N–H and O–H groups in total. The summed E-state index contributed by atoms with van der Waals surface area (Å²) >= 11 is 1.71. The van der Waals surface area contributed by atoms with Crippen molar-refractivity contribution in [2.75, 3.05) is 6.26 Å². The lowest BCUT2D eigenvalue weighted by Crippen LogP contribution is -2.37. The van der Waals surface area contributed by atoms with Gasteiger partial charge in [-0.2, -0.15) is 0 Å². The van der Waals surface area contributed by atoms with Crippen molar-refractivity contribution in [1.82, 2.24) is 10.1 Å². The summed E-state index contributed by atoms with van der Waals surface area (Å²) in [7, 11) is 0. The minimum absolute atomic E-state index is 0.0562. The number of aromatic nitrogens is 1. The van der Waals surface area contributed by atoms with Crippen molar-refractivity contribution in [2.24, 2.45) is 0 Å². The lowest BCUT2D eigenvalue weighted by Gasteiger charge is -2.26. The van der Waals surface area contributed by atoms with E-state index in [2.05, 4.69) is 29.6 Å². The largest absolute Gasteiger partial charge is 0.361 e. The number of hydrogen-bond donors (Lipinski definition) is 0. The molecule has 0 aliphatic heterocycles. The van der Waals surface area contributed by atoms with Crippen molar-refractivity contribution < 1.29 is 9.32 Å². The van der Waals surface area contributed by atoms with Crippen molar-refractivity contribution in [1.29, 1.82) is 0 Å². The number of hydrogen-bond acceptors (Lipinski definition) is 4. The third kappa shape index (κ3) is 4.37. The normalized spacial score (nSPS) is 11.0. The predicted molar refractivity (Wildman–Crippen MR) is 88.9 cm³/mol. The van der Waals surface area contributed by atoms with E-state index in [0.29, 0.717) is 12.3 Å². The molecule has 0 atom stereocenters. The quantitative estimate of drug-likeness (QED) is 0.762. The highest BCUT2D eigenvalue weighted by molar-refractivity contribution is 7.98. The average molecular weight is 318 g/mol. The maximum Gasteiger partial charge on any atom is 0.230 e.